The molecule has 0 aromatic heterocycles. The number of anilines is 1. The SMILES string of the molecule is CC.CC.CN=Nc1c(C)cc2cc(C)c(N=NC)c(O)c2c1N.c1ccc2ccccc2c1. The molecule has 4 aromatic rings. The van der Waals surface area contributed by atoms with E-state index in [1.54, 1.807) is 14.1 Å². The van der Waals surface area contributed by atoms with Crippen LogP contribution in [0.2, 0.25) is 0 Å². The molecule has 34 heavy (non-hydrogen) atoms. The molecule has 0 aliphatic heterocycles. The molecule has 0 atom stereocenters. The first-order valence-corrected chi connectivity index (χ1v) is 11.6. The maximum atomic E-state index is 10.4. The van der Waals surface area contributed by atoms with Gasteiger partial charge in [-0.1, -0.05) is 76.2 Å². The van der Waals surface area contributed by atoms with Gasteiger partial charge in [0, 0.05) is 14.1 Å². The second-order valence-corrected chi connectivity index (χ2v) is 6.89. The zero-order valence-electron chi connectivity index (χ0n) is 21.6. The summed E-state index contributed by atoms with van der Waals surface area (Å²) in [6.45, 7) is 11.8. The van der Waals surface area contributed by atoms with Crippen molar-refractivity contribution in [3.8, 4) is 5.75 Å². The Morgan fingerprint density at radius 1 is 0.647 bits per heavy atom. The summed E-state index contributed by atoms with van der Waals surface area (Å²) >= 11 is 0. The number of hydrogen-bond donors (Lipinski definition) is 2. The number of phenols is 1. The van der Waals surface area contributed by atoms with Crippen molar-refractivity contribution < 1.29 is 5.11 Å². The maximum absolute atomic E-state index is 10.4. The zero-order valence-corrected chi connectivity index (χ0v) is 21.6. The first-order chi connectivity index (χ1) is 16.5. The molecule has 0 amide bonds. The second-order valence-electron chi connectivity index (χ2n) is 6.89. The van der Waals surface area contributed by atoms with Crippen molar-refractivity contribution >= 4 is 38.6 Å². The van der Waals surface area contributed by atoms with Gasteiger partial charge in [-0.05, 0) is 53.3 Å². The fourth-order valence-electron chi connectivity index (χ4n) is 3.44. The van der Waals surface area contributed by atoms with Crippen LogP contribution >= 0.6 is 0 Å². The normalized spacial score (nSPS) is 10.4. The average molecular weight is 460 g/mol. The molecule has 0 unspecified atom stereocenters. The highest BCUT2D eigenvalue weighted by molar-refractivity contribution is 6.06. The van der Waals surface area contributed by atoms with Crippen molar-refractivity contribution in [2.45, 2.75) is 41.5 Å². The quantitative estimate of drug-likeness (QED) is 0.231. The number of rotatable bonds is 2. The monoisotopic (exact) mass is 459 g/mol. The van der Waals surface area contributed by atoms with Crippen LogP contribution in [0, 0.1) is 13.8 Å². The van der Waals surface area contributed by atoms with Crippen molar-refractivity contribution in [2.24, 2.45) is 20.5 Å². The van der Waals surface area contributed by atoms with Crippen LogP contribution in [0.5, 0.6) is 5.75 Å². The Hall–Kier alpha value is -3.80. The van der Waals surface area contributed by atoms with Gasteiger partial charge in [0.25, 0.3) is 0 Å². The number of nitrogen functional groups attached to an aromatic ring is 1. The third kappa shape index (κ3) is 6.61. The van der Waals surface area contributed by atoms with Crippen LogP contribution in [-0.2, 0) is 0 Å². The third-order valence-electron chi connectivity index (χ3n) is 4.82. The highest BCUT2D eigenvalue weighted by Crippen LogP contribution is 2.45. The van der Waals surface area contributed by atoms with Gasteiger partial charge in [-0.2, -0.15) is 20.5 Å². The predicted octanol–water partition coefficient (Wildman–Crippen LogP) is 9.06. The van der Waals surface area contributed by atoms with Gasteiger partial charge in [0.1, 0.15) is 11.4 Å². The van der Waals surface area contributed by atoms with Crippen LogP contribution in [0.4, 0.5) is 17.1 Å². The molecule has 0 spiro atoms. The van der Waals surface area contributed by atoms with Crippen LogP contribution < -0.4 is 5.73 Å². The van der Waals surface area contributed by atoms with Gasteiger partial charge in [0.2, 0.25) is 0 Å². The summed E-state index contributed by atoms with van der Waals surface area (Å²) in [6.07, 6.45) is 0. The molecule has 0 aliphatic rings. The lowest BCUT2D eigenvalue weighted by molar-refractivity contribution is 0.482. The van der Waals surface area contributed by atoms with Crippen molar-refractivity contribution in [3.63, 3.8) is 0 Å². The minimum Gasteiger partial charge on any atom is -0.505 e. The highest BCUT2D eigenvalue weighted by atomic mass is 16.3. The second kappa shape index (κ2) is 14.4. The smallest absolute Gasteiger partial charge is 0.153 e. The molecule has 180 valence electrons. The molecule has 4 aromatic carbocycles. The first kappa shape index (κ1) is 28.2. The standard InChI is InChI=1S/C14H17N5O.C10H8.2C2H6/c1-7-5-9-6-8(2)13(19-17-4)14(20)10(9)11(15)12(7)18-16-3;1-2-6-10-8-4-3-7-9(10)5-1;2*1-2/h5-6,20H,15H2,1-4H3;1-8H;2*1-2H3. The molecule has 6 nitrogen and oxygen atoms in total. The molecular formula is C28H37N5O. The van der Waals surface area contributed by atoms with Gasteiger partial charge in [-0.15, -0.1) is 0 Å². The Labute approximate surface area is 203 Å². The van der Waals surface area contributed by atoms with Crippen molar-refractivity contribution in [1.82, 2.24) is 0 Å². The molecule has 0 heterocycles. The van der Waals surface area contributed by atoms with E-state index in [1.807, 2.05) is 53.7 Å². The number of hydrogen-bond acceptors (Lipinski definition) is 6. The Morgan fingerprint density at radius 3 is 1.44 bits per heavy atom. The molecule has 6 heteroatoms. The van der Waals surface area contributed by atoms with Gasteiger partial charge in [0.05, 0.1) is 11.1 Å². The lowest BCUT2D eigenvalue weighted by Crippen LogP contribution is -1.92. The molecule has 0 fully saturated rings. The Kier molecular flexibility index (Phi) is 11.9. The van der Waals surface area contributed by atoms with E-state index in [2.05, 4.69) is 69.0 Å². The molecule has 0 bridgehead atoms. The first-order valence-electron chi connectivity index (χ1n) is 11.6. The van der Waals surface area contributed by atoms with E-state index in [9.17, 15) is 5.11 Å². The van der Waals surface area contributed by atoms with E-state index in [4.69, 9.17) is 5.73 Å². The van der Waals surface area contributed by atoms with Crippen molar-refractivity contribution in [2.75, 3.05) is 19.8 Å². The van der Waals surface area contributed by atoms with Gasteiger partial charge in [-0.25, -0.2) is 0 Å². The van der Waals surface area contributed by atoms with E-state index in [0.717, 1.165) is 16.5 Å². The van der Waals surface area contributed by atoms with Gasteiger partial charge >= 0.3 is 0 Å². The summed E-state index contributed by atoms with van der Waals surface area (Å²) in [4.78, 5) is 0. The number of azo groups is 2. The maximum Gasteiger partial charge on any atom is 0.153 e. The van der Waals surface area contributed by atoms with Crippen molar-refractivity contribution in [3.05, 3.63) is 71.8 Å². The molecule has 0 saturated heterocycles. The van der Waals surface area contributed by atoms with E-state index < -0.39 is 0 Å². The molecule has 3 N–H and O–H groups in total. The molecule has 0 saturated carbocycles. The van der Waals surface area contributed by atoms with Crippen molar-refractivity contribution in [1.29, 1.82) is 0 Å². The van der Waals surface area contributed by atoms with E-state index in [0.29, 0.717) is 22.4 Å². The minimum absolute atomic E-state index is 0.0238. The highest BCUT2D eigenvalue weighted by Gasteiger charge is 2.16. The number of fused-ring (bicyclic) bond motifs is 2. The lowest BCUT2D eigenvalue weighted by atomic mass is 9.99. The van der Waals surface area contributed by atoms with Crippen LogP contribution in [0.25, 0.3) is 21.5 Å². The molecule has 4 rings (SSSR count). The topological polar surface area (TPSA) is 95.7 Å². The summed E-state index contributed by atoms with van der Waals surface area (Å²) in [7, 11) is 3.13. The zero-order chi connectivity index (χ0) is 25.7. The number of aryl methyl sites for hydroxylation is 2. The molecule has 0 radical (unpaired) electrons. The third-order valence-corrected chi connectivity index (χ3v) is 4.82. The van der Waals surface area contributed by atoms with E-state index in [1.165, 1.54) is 10.8 Å². The lowest BCUT2D eigenvalue weighted by Gasteiger charge is -2.12. The Bertz CT molecular complexity index is 1140. The fraction of sp³-hybridized carbons (Fsp3) is 0.286. The Balaban J connectivity index is 0.000000344. The van der Waals surface area contributed by atoms with Crippen LogP contribution in [0.3, 0.4) is 0 Å². The fourth-order valence-corrected chi connectivity index (χ4v) is 3.44. The number of benzene rings is 4. The number of nitrogens with zero attached hydrogens (tertiary/aromatic N) is 4. The largest absolute Gasteiger partial charge is 0.505 e. The summed E-state index contributed by atoms with van der Waals surface area (Å²) in [5, 5.41) is 29.9. The van der Waals surface area contributed by atoms with Crippen LogP contribution in [0.15, 0.2) is 81.1 Å². The van der Waals surface area contributed by atoms with Gasteiger partial charge in [0.15, 0.2) is 5.75 Å². The predicted molar refractivity (Wildman–Crippen MR) is 147 cm³/mol. The average Bonchev–Trinajstić information content (AvgIpc) is 2.87. The number of phenolic OH excluding ortho intramolecular Hbond substituents is 1. The Morgan fingerprint density at radius 2 is 1.03 bits per heavy atom. The number of aromatic hydroxyl groups is 1. The molecular weight excluding hydrogens is 422 g/mol. The summed E-state index contributed by atoms with van der Waals surface area (Å²) in [6, 6.07) is 20.6. The minimum atomic E-state index is 0.0238. The van der Waals surface area contributed by atoms with Crippen LogP contribution in [-0.4, -0.2) is 19.2 Å². The number of nitrogens with two attached hydrogens (primary N) is 1. The van der Waals surface area contributed by atoms with Gasteiger partial charge in [-0.3, -0.25) is 0 Å². The summed E-state index contributed by atoms with van der Waals surface area (Å²) in [5.74, 6) is 0.0238. The van der Waals surface area contributed by atoms with Gasteiger partial charge < -0.3 is 10.8 Å². The molecule has 0 aliphatic carbocycles. The van der Waals surface area contributed by atoms with Crippen LogP contribution in [0.1, 0.15) is 38.8 Å². The van der Waals surface area contributed by atoms with E-state index in [-0.39, 0.29) is 5.75 Å². The summed E-state index contributed by atoms with van der Waals surface area (Å²) < 4.78 is 0. The summed E-state index contributed by atoms with van der Waals surface area (Å²) in [5.41, 5.74) is 9.27. The van der Waals surface area contributed by atoms with E-state index >= 15 is 0 Å².